The van der Waals surface area contributed by atoms with Gasteiger partial charge in [0.25, 0.3) is 0 Å². The highest BCUT2D eigenvalue weighted by Gasteiger charge is 2.36. The molecule has 0 radical (unpaired) electrons. The molecule has 0 saturated carbocycles. The number of ether oxygens (including phenoxy) is 3. The van der Waals surface area contributed by atoms with Crippen LogP contribution in [-0.4, -0.2) is 77.9 Å². The lowest BCUT2D eigenvalue weighted by Crippen LogP contribution is -2.29. The summed E-state index contributed by atoms with van der Waals surface area (Å²) < 4.78 is 38.3. The van der Waals surface area contributed by atoms with Gasteiger partial charge in [-0.3, -0.25) is 18.6 Å². The van der Waals surface area contributed by atoms with Crippen LogP contribution in [0.2, 0.25) is 0 Å². The van der Waals surface area contributed by atoms with Crippen molar-refractivity contribution in [1.82, 2.24) is 0 Å². The topological polar surface area (TPSA) is 161 Å². The van der Waals surface area contributed by atoms with Crippen LogP contribution in [0.3, 0.4) is 0 Å². The van der Waals surface area contributed by atoms with Crippen LogP contribution in [-0.2, 0) is 37.4 Å². The van der Waals surface area contributed by atoms with Crippen LogP contribution < -0.4 is 0 Å². The second-order valence-electron chi connectivity index (χ2n) is 14.3. The molecule has 0 aliphatic carbocycles. The van der Waals surface area contributed by atoms with Gasteiger partial charge in [-0.25, -0.2) is 4.57 Å². The Hall–Kier alpha value is -1.85. The number of rotatable bonds is 36. The lowest BCUT2D eigenvalue weighted by molar-refractivity contribution is -0.161. The molecule has 6 atom stereocenters. The highest BCUT2D eigenvalue weighted by molar-refractivity contribution is 7.47. The first kappa shape index (κ1) is 49.2. The Labute approximate surface area is 320 Å². The van der Waals surface area contributed by atoms with Gasteiger partial charge in [-0.05, 0) is 57.3 Å². The van der Waals surface area contributed by atoms with E-state index in [2.05, 4.69) is 49.6 Å². The number of phosphoric acid groups is 1. The third-order valence-corrected chi connectivity index (χ3v) is 10.2. The number of aliphatic hydroxyl groups excluding tert-OH is 2. The van der Waals surface area contributed by atoms with Crippen molar-refractivity contribution < 1.29 is 52.5 Å². The molecule has 11 nitrogen and oxygen atoms in total. The minimum atomic E-state index is -4.63. The molecule has 0 amide bonds. The quantitative estimate of drug-likeness (QED) is 0.0183. The fourth-order valence-corrected chi connectivity index (χ4v) is 6.32. The number of carbonyl (C=O) groups is 2. The Morgan fingerprint density at radius 1 is 0.736 bits per heavy atom. The van der Waals surface area contributed by atoms with E-state index in [4.69, 9.17) is 23.8 Å². The fraction of sp³-hybridized carbons (Fsp3) is 0.805. The average Bonchev–Trinajstić information content (AvgIpc) is 3.90. The molecular weight excluding hydrogens is 699 g/mol. The molecule has 0 bridgehead atoms. The van der Waals surface area contributed by atoms with Crippen molar-refractivity contribution >= 4 is 19.8 Å². The van der Waals surface area contributed by atoms with E-state index in [-0.39, 0.29) is 19.4 Å². The minimum absolute atomic E-state index is 0.103. The molecule has 1 heterocycles. The van der Waals surface area contributed by atoms with E-state index in [0.717, 1.165) is 50.9 Å². The molecule has 12 heteroatoms. The number of unbranched alkanes of at least 4 members (excludes halogenated alkanes) is 11. The number of hydrogen-bond acceptors (Lipinski definition) is 10. The van der Waals surface area contributed by atoms with Gasteiger partial charge in [0.15, 0.2) is 6.10 Å². The molecule has 1 aliphatic heterocycles. The van der Waals surface area contributed by atoms with E-state index in [9.17, 15) is 24.2 Å². The van der Waals surface area contributed by atoms with E-state index in [1.54, 1.807) is 0 Å². The molecule has 1 aliphatic rings. The molecule has 53 heavy (non-hydrogen) atoms. The van der Waals surface area contributed by atoms with Crippen molar-refractivity contribution in [2.24, 2.45) is 5.92 Å². The molecule has 0 spiro atoms. The van der Waals surface area contributed by atoms with Crippen molar-refractivity contribution in [2.45, 2.75) is 180 Å². The smallest absolute Gasteiger partial charge is 0.462 e. The van der Waals surface area contributed by atoms with Crippen LogP contribution in [0.25, 0.3) is 0 Å². The maximum atomic E-state index is 12.6. The maximum absolute atomic E-state index is 12.6. The Morgan fingerprint density at radius 3 is 2.00 bits per heavy atom. The second kappa shape index (κ2) is 32.4. The summed E-state index contributed by atoms with van der Waals surface area (Å²) in [4.78, 5) is 34.9. The first-order chi connectivity index (χ1) is 25.6. The summed E-state index contributed by atoms with van der Waals surface area (Å²) in [6.07, 6.45) is 31.5. The van der Waals surface area contributed by atoms with Gasteiger partial charge in [-0.15, -0.1) is 0 Å². The number of carbonyl (C=O) groups excluding carboxylic acids is 2. The van der Waals surface area contributed by atoms with Crippen LogP contribution in [0.1, 0.15) is 156 Å². The molecular formula is C41H73O11P. The summed E-state index contributed by atoms with van der Waals surface area (Å²) in [5, 5.41) is 18.3. The number of hydrogen-bond donors (Lipinski definition) is 3. The van der Waals surface area contributed by atoms with Gasteiger partial charge in [0.2, 0.25) is 0 Å². The zero-order chi connectivity index (χ0) is 39.0. The third-order valence-electron chi connectivity index (χ3n) is 9.24. The van der Waals surface area contributed by atoms with Crippen LogP contribution in [0.15, 0.2) is 36.5 Å². The minimum Gasteiger partial charge on any atom is -0.462 e. The van der Waals surface area contributed by atoms with Gasteiger partial charge in [-0.1, -0.05) is 128 Å². The van der Waals surface area contributed by atoms with Gasteiger partial charge in [0.05, 0.1) is 32.0 Å². The average molecular weight is 773 g/mol. The number of allylic oxidation sites excluding steroid dienone is 4. The van der Waals surface area contributed by atoms with Gasteiger partial charge >= 0.3 is 19.8 Å². The molecule has 0 aromatic carbocycles. The van der Waals surface area contributed by atoms with E-state index in [1.165, 1.54) is 57.8 Å². The van der Waals surface area contributed by atoms with Gasteiger partial charge in [-0.2, -0.15) is 0 Å². The number of aliphatic hydroxyl groups is 2. The number of epoxide rings is 1. The van der Waals surface area contributed by atoms with E-state index in [1.807, 2.05) is 12.2 Å². The van der Waals surface area contributed by atoms with Crippen molar-refractivity contribution in [3.05, 3.63) is 36.5 Å². The van der Waals surface area contributed by atoms with Crippen molar-refractivity contribution in [3.8, 4) is 0 Å². The lowest BCUT2D eigenvalue weighted by Gasteiger charge is -2.20. The van der Waals surface area contributed by atoms with Crippen molar-refractivity contribution in [3.63, 3.8) is 0 Å². The Morgan fingerprint density at radius 2 is 1.32 bits per heavy atom. The highest BCUT2D eigenvalue weighted by atomic mass is 31.2. The SMILES string of the molecule is CCCCC/C=C\CC1OC1C/C=C\C/C=C\CCCC(=O)O[C@H](COC(=O)CCCCCCCCCCC(C)CC)COP(=O)(O)OC[C@@H](O)CO. The van der Waals surface area contributed by atoms with Gasteiger partial charge < -0.3 is 29.3 Å². The fourth-order valence-electron chi connectivity index (χ4n) is 5.53. The van der Waals surface area contributed by atoms with E-state index >= 15 is 0 Å². The number of phosphoric ester groups is 1. The number of esters is 2. The molecule has 308 valence electrons. The summed E-state index contributed by atoms with van der Waals surface area (Å²) >= 11 is 0. The first-order valence-electron chi connectivity index (χ1n) is 20.5. The third kappa shape index (κ3) is 30.1. The zero-order valence-electron chi connectivity index (χ0n) is 33.1. The predicted molar refractivity (Wildman–Crippen MR) is 209 cm³/mol. The molecule has 3 N–H and O–H groups in total. The predicted octanol–water partition coefficient (Wildman–Crippen LogP) is 9.23. The van der Waals surface area contributed by atoms with E-state index < -0.39 is 51.8 Å². The van der Waals surface area contributed by atoms with Gasteiger partial charge in [0.1, 0.15) is 12.7 Å². The molecule has 1 saturated heterocycles. The Balaban J connectivity index is 2.33. The summed E-state index contributed by atoms with van der Waals surface area (Å²) in [5.41, 5.74) is 0. The largest absolute Gasteiger partial charge is 0.472 e. The summed E-state index contributed by atoms with van der Waals surface area (Å²) in [6, 6.07) is 0. The molecule has 0 aromatic heterocycles. The maximum Gasteiger partial charge on any atom is 0.472 e. The van der Waals surface area contributed by atoms with Crippen molar-refractivity contribution in [1.29, 1.82) is 0 Å². The molecule has 4 unspecified atom stereocenters. The molecule has 1 rings (SSSR count). The van der Waals surface area contributed by atoms with Crippen LogP contribution >= 0.6 is 7.82 Å². The summed E-state index contributed by atoms with van der Waals surface area (Å²) in [5.74, 6) is -0.190. The van der Waals surface area contributed by atoms with Crippen LogP contribution in [0.4, 0.5) is 0 Å². The molecule has 1 fully saturated rings. The van der Waals surface area contributed by atoms with Crippen LogP contribution in [0, 0.1) is 5.92 Å². The Kier molecular flexibility index (Phi) is 30.1. The normalized spacial score (nSPS) is 18.8. The van der Waals surface area contributed by atoms with E-state index in [0.29, 0.717) is 31.5 Å². The second-order valence-corrected chi connectivity index (χ2v) is 15.7. The first-order valence-corrected chi connectivity index (χ1v) is 22.0. The Bertz CT molecular complexity index is 1060. The highest BCUT2D eigenvalue weighted by Crippen LogP contribution is 2.43. The standard InChI is InChI=1S/C41H73O11P/c1-4-6-7-8-17-22-27-38-39(52-38)28-23-18-13-11-15-20-25-30-41(45)51-37(34-50-53(46,47)49-32-36(43)31-42)33-48-40(44)29-24-19-14-10-9-12-16-21-26-35(3)5-2/h11,15,17-18,22-23,35-39,42-43H,4-10,12-14,16,19-21,24-34H2,1-3H3,(H,46,47)/b15-11-,22-17-,23-18-/t35?,36-,37+,38?,39?/m0/s1. The zero-order valence-corrected chi connectivity index (χ0v) is 34.0. The summed E-state index contributed by atoms with van der Waals surface area (Å²) in [6.45, 7) is 4.57. The van der Waals surface area contributed by atoms with Gasteiger partial charge in [0, 0.05) is 12.8 Å². The monoisotopic (exact) mass is 772 g/mol. The lowest BCUT2D eigenvalue weighted by atomic mass is 9.99. The van der Waals surface area contributed by atoms with Crippen LogP contribution in [0.5, 0.6) is 0 Å². The summed E-state index contributed by atoms with van der Waals surface area (Å²) in [7, 11) is -4.63. The molecule has 0 aromatic rings. The van der Waals surface area contributed by atoms with Crippen molar-refractivity contribution in [2.75, 3.05) is 26.4 Å².